The van der Waals surface area contributed by atoms with Gasteiger partial charge in [-0.2, -0.15) is 0 Å². The Morgan fingerprint density at radius 2 is 1.84 bits per heavy atom. The van der Waals surface area contributed by atoms with E-state index in [0.717, 1.165) is 23.1 Å². The van der Waals surface area contributed by atoms with Crippen molar-refractivity contribution in [1.82, 2.24) is 19.4 Å². The fourth-order valence-electron chi connectivity index (χ4n) is 3.80. The molecule has 0 unspecified atom stereocenters. The molecule has 8 heteroatoms. The molecule has 0 fully saturated rings. The maximum atomic E-state index is 12.9. The molecule has 0 aliphatic heterocycles. The normalized spacial score (nSPS) is 13.1. The maximum absolute atomic E-state index is 12.9. The first-order chi connectivity index (χ1) is 14.7. The second kappa shape index (κ2) is 7.92. The molecule has 0 saturated carbocycles. The first-order valence-electron chi connectivity index (χ1n) is 10.4. The van der Waals surface area contributed by atoms with E-state index < -0.39 is 0 Å². The summed E-state index contributed by atoms with van der Waals surface area (Å²) in [6.45, 7) is 10.9. The van der Waals surface area contributed by atoms with Gasteiger partial charge in [-0.25, -0.2) is 4.68 Å². The predicted molar refractivity (Wildman–Crippen MR) is 128 cm³/mol. The summed E-state index contributed by atoms with van der Waals surface area (Å²) in [5.74, 6) is 6.73. The van der Waals surface area contributed by atoms with Gasteiger partial charge in [0.15, 0.2) is 5.82 Å². The van der Waals surface area contributed by atoms with Gasteiger partial charge in [0.2, 0.25) is 11.1 Å². The van der Waals surface area contributed by atoms with E-state index in [2.05, 4.69) is 51.3 Å². The van der Waals surface area contributed by atoms with E-state index in [4.69, 9.17) is 5.84 Å². The number of aromatic nitrogens is 4. The molecule has 0 aliphatic carbocycles. The predicted octanol–water partition coefficient (Wildman–Crippen LogP) is 4.54. The molecule has 0 saturated heterocycles. The second-order valence-electron chi connectivity index (χ2n) is 8.67. The van der Waals surface area contributed by atoms with Crippen molar-refractivity contribution in [2.24, 2.45) is 0 Å². The molecule has 2 aromatic carbocycles. The summed E-state index contributed by atoms with van der Waals surface area (Å²) in [5.41, 5.74) is 2.91. The molecular weight excluding hydrogens is 408 g/mol. The minimum Gasteiger partial charge on any atom is -0.341 e. The molecule has 0 spiro atoms. The van der Waals surface area contributed by atoms with E-state index >= 15 is 0 Å². The van der Waals surface area contributed by atoms with Crippen molar-refractivity contribution in [2.75, 3.05) is 11.2 Å². The minimum absolute atomic E-state index is 0.108. The van der Waals surface area contributed by atoms with Gasteiger partial charge in [-0.1, -0.05) is 50.7 Å². The first kappa shape index (κ1) is 21.2. The molecule has 1 atom stereocenters. The van der Waals surface area contributed by atoms with Crippen LogP contribution in [0, 0.1) is 0 Å². The van der Waals surface area contributed by atoms with Crippen molar-refractivity contribution in [3.8, 4) is 0 Å². The Balaban J connectivity index is 1.56. The van der Waals surface area contributed by atoms with Crippen LogP contribution in [0.15, 0.2) is 47.6 Å². The van der Waals surface area contributed by atoms with Gasteiger partial charge >= 0.3 is 0 Å². The highest BCUT2D eigenvalue weighted by Crippen LogP contribution is 2.31. The van der Waals surface area contributed by atoms with Gasteiger partial charge in [-0.15, -0.1) is 10.2 Å². The highest BCUT2D eigenvalue weighted by molar-refractivity contribution is 8.00. The Hall–Kier alpha value is -3.00. The van der Waals surface area contributed by atoms with Crippen LogP contribution in [0.1, 0.15) is 40.4 Å². The molecule has 0 radical (unpaired) electrons. The molecule has 0 bridgehead atoms. The van der Waals surface area contributed by atoms with Gasteiger partial charge < -0.3 is 15.7 Å². The summed E-state index contributed by atoms with van der Waals surface area (Å²) < 4.78 is 3.76. The summed E-state index contributed by atoms with van der Waals surface area (Å²) in [4.78, 5) is 12.9. The number of thioether (sulfide) groups is 1. The van der Waals surface area contributed by atoms with E-state index in [1.807, 2.05) is 45.9 Å². The third-order valence-corrected chi connectivity index (χ3v) is 6.40. The molecule has 2 heterocycles. The zero-order valence-electron chi connectivity index (χ0n) is 18.5. The van der Waals surface area contributed by atoms with Gasteiger partial charge in [-0.05, 0) is 38.1 Å². The SMILES string of the molecule is CCn1c2ccccc2c2cc(NC(=O)[C@@H](C)Sc3nnc(C(C)(C)C)n3N)ccc21. The van der Waals surface area contributed by atoms with Crippen LogP contribution in [0.2, 0.25) is 0 Å². The van der Waals surface area contributed by atoms with Crippen LogP contribution in [0.4, 0.5) is 5.69 Å². The Morgan fingerprint density at radius 1 is 1.13 bits per heavy atom. The van der Waals surface area contributed by atoms with Crippen molar-refractivity contribution in [2.45, 2.75) is 57.0 Å². The molecular formula is C23H28N6OS. The Bertz CT molecular complexity index is 1270. The summed E-state index contributed by atoms with van der Waals surface area (Å²) in [7, 11) is 0. The van der Waals surface area contributed by atoms with Crippen molar-refractivity contribution >= 4 is 45.2 Å². The van der Waals surface area contributed by atoms with Gasteiger partial charge in [0, 0.05) is 39.5 Å². The number of carbonyl (C=O) groups excluding carboxylic acids is 1. The van der Waals surface area contributed by atoms with Crippen LogP contribution >= 0.6 is 11.8 Å². The van der Waals surface area contributed by atoms with Crippen LogP contribution in [0.25, 0.3) is 21.8 Å². The molecule has 4 rings (SSSR count). The number of aryl methyl sites for hydroxylation is 1. The molecule has 7 nitrogen and oxygen atoms in total. The molecule has 2 aromatic heterocycles. The van der Waals surface area contributed by atoms with Crippen molar-refractivity contribution < 1.29 is 4.79 Å². The smallest absolute Gasteiger partial charge is 0.237 e. The Kier molecular flexibility index (Phi) is 5.43. The topological polar surface area (TPSA) is 90.8 Å². The number of rotatable bonds is 5. The standard InChI is InChI=1S/C23H28N6OS/c1-6-28-18-10-8-7-9-16(18)17-13-15(11-12-19(17)28)25-20(30)14(2)31-22-27-26-21(29(22)24)23(3,4)5/h7-14H,6,24H2,1-5H3,(H,25,30)/t14-/m1/s1. The lowest BCUT2D eigenvalue weighted by atomic mass is 9.96. The highest BCUT2D eigenvalue weighted by atomic mass is 32.2. The first-order valence-corrected chi connectivity index (χ1v) is 11.3. The number of benzene rings is 2. The number of nitrogens with zero attached hydrogens (tertiary/aromatic N) is 4. The molecule has 162 valence electrons. The zero-order valence-corrected chi connectivity index (χ0v) is 19.3. The average Bonchev–Trinajstić information content (AvgIpc) is 3.25. The maximum Gasteiger partial charge on any atom is 0.237 e. The molecule has 3 N–H and O–H groups in total. The number of hydrogen-bond donors (Lipinski definition) is 2. The number of hydrogen-bond acceptors (Lipinski definition) is 5. The second-order valence-corrected chi connectivity index (χ2v) is 9.98. The monoisotopic (exact) mass is 436 g/mol. The quantitative estimate of drug-likeness (QED) is 0.354. The number of carbonyl (C=O) groups is 1. The van der Waals surface area contributed by atoms with E-state index in [1.54, 1.807) is 0 Å². The lowest BCUT2D eigenvalue weighted by Crippen LogP contribution is -2.26. The number of nitrogen functional groups attached to an aromatic ring is 1. The average molecular weight is 437 g/mol. The van der Waals surface area contributed by atoms with Crippen molar-refractivity contribution in [1.29, 1.82) is 0 Å². The minimum atomic E-state index is -0.382. The van der Waals surface area contributed by atoms with Crippen LogP contribution < -0.4 is 11.2 Å². The number of nitrogens with one attached hydrogen (secondary N) is 1. The van der Waals surface area contributed by atoms with Gasteiger partial charge in [0.05, 0.1) is 5.25 Å². The van der Waals surface area contributed by atoms with Crippen molar-refractivity contribution in [3.05, 3.63) is 48.3 Å². The molecule has 31 heavy (non-hydrogen) atoms. The number of fused-ring (bicyclic) bond motifs is 3. The third kappa shape index (κ3) is 3.87. The van der Waals surface area contributed by atoms with E-state index in [9.17, 15) is 4.79 Å². The van der Waals surface area contributed by atoms with E-state index in [1.165, 1.54) is 27.3 Å². The van der Waals surface area contributed by atoms with Crippen LogP contribution in [-0.2, 0) is 16.8 Å². The van der Waals surface area contributed by atoms with Gasteiger partial charge in [-0.3, -0.25) is 4.79 Å². The number of para-hydroxylation sites is 1. The largest absolute Gasteiger partial charge is 0.341 e. The number of nitrogens with two attached hydrogens (primary N) is 1. The summed E-state index contributed by atoms with van der Waals surface area (Å²) in [5, 5.41) is 13.8. The van der Waals surface area contributed by atoms with Crippen LogP contribution in [0.5, 0.6) is 0 Å². The molecule has 1 amide bonds. The third-order valence-electron chi connectivity index (χ3n) is 5.34. The highest BCUT2D eigenvalue weighted by Gasteiger charge is 2.25. The van der Waals surface area contributed by atoms with E-state index in [-0.39, 0.29) is 16.6 Å². The Morgan fingerprint density at radius 3 is 2.52 bits per heavy atom. The Labute approximate surface area is 186 Å². The number of amides is 1. The zero-order chi connectivity index (χ0) is 22.3. The van der Waals surface area contributed by atoms with Crippen LogP contribution in [0.3, 0.4) is 0 Å². The van der Waals surface area contributed by atoms with Crippen LogP contribution in [-0.4, -0.2) is 30.6 Å². The molecule has 0 aliphatic rings. The van der Waals surface area contributed by atoms with Gasteiger partial charge in [0.1, 0.15) is 0 Å². The summed E-state index contributed by atoms with van der Waals surface area (Å²) in [6.07, 6.45) is 0. The lowest BCUT2D eigenvalue weighted by molar-refractivity contribution is -0.115. The molecule has 4 aromatic rings. The lowest BCUT2D eigenvalue weighted by Gasteiger charge is -2.17. The van der Waals surface area contributed by atoms with Crippen molar-refractivity contribution in [3.63, 3.8) is 0 Å². The fourth-order valence-corrected chi connectivity index (χ4v) is 4.57. The number of anilines is 1. The van der Waals surface area contributed by atoms with E-state index in [0.29, 0.717) is 11.0 Å². The fraction of sp³-hybridized carbons (Fsp3) is 0.348. The summed E-state index contributed by atoms with van der Waals surface area (Å²) >= 11 is 1.30. The van der Waals surface area contributed by atoms with Gasteiger partial charge in [0.25, 0.3) is 0 Å². The summed E-state index contributed by atoms with van der Waals surface area (Å²) in [6, 6.07) is 14.4.